The number of nitrogens with zero attached hydrogens (tertiary/aromatic N) is 1. The zero-order valence-corrected chi connectivity index (χ0v) is 11.4. The molecule has 0 fully saturated rings. The number of benzene rings is 1. The summed E-state index contributed by atoms with van der Waals surface area (Å²) in [5.74, 6) is 0.954. The van der Waals surface area contributed by atoms with E-state index in [9.17, 15) is 0 Å². The number of hydrogen-bond donors (Lipinski definition) is 0. The van der Waals surface area contributed by atoms with Crippen molar-refractivity contribution in [2.75, 3.05) is 0 Å². The fourth-order valence-electron chi connectivity index (χ4n) is 1.34. The molecule has 0 saturated carbocycles. The molecule has 0 aliphatic carbocycles. The summed E-state index contributed by atoms with van der Waals surface area (Å²) in [6, 6.07) is 10.7. The highest BCUT2D eigenvalue weighted by atomic mass is 79.9. The van der Waals surface area contributed by atoms with Crippen LogP contribution in [0.4, 0.5) is 0 Å². The Bertz CT molecular complexity index is 468. The Morgan fingerprint density at radius 1 is 1.19 bits per heavy atom. The summed E-state index contributed by atoms with van der Waals surface area (Å²) in [4.78, 5) is 5.45. The Kier molecular flexibility index (Phi) is 4.02. The molecule has 2 rings (SSSR count). The van der Waals surface area contributed by atoms with Crippen LogP contribution in [0.2, 0.25) is 0 Å². The molecule has 82 valence electrons. The highest BCUT2D eigenvalue weighted by Crippen LogP contribution is 2.23. The van der Waals surface area contributed by atoms with Crippen molar-refractivity contribution in [2.45, 2.75) is 17.6 Å². The van der Waals surface area contributed by atoms with Crippen molar-refractivity contribution >= 4 is 27.7 Å². The topological polar surface area (TPSA) is 12.9 Å². The molecule has 0 N–H and O–H groups in total. The molecule has 0 radical (unpaired) electrons. The number of pyridine rings is 1. The lowest BCUT2D eigenvalue weighted by atomic mass is 10.2. The summed E-state index contributed by atoms with van der Waals surface area (Å²) in [5.41, 5.74) is 2.54. The second kappa shape index (κ2) is 5.51. The van der Waals surface area contributed by atoms with Crippen LogP contribution in [0.1, 0.15) is 11.1 Å². The summed E-state index contributed by atoms with van der Waals surface area (Å²) in [6.07, 6.45) is 3.71. The second-order valence-electron chi connectivity index (χ2n) is 3.61. The first-order valence-electron chi connectivity index (χ1n) is 5.03. The van der Waals surface area contributed by atoms with Gasteiger partial charge in [-0.1, -0.05) is 17.7 Å². The number of halogens is 1. The fraction of sp³-hybridized carbons (Fsp3) is 0.154. The lowest BCUT2D eigenvalue weighted by Crippen LogP contribution is -1.83. The van der Waals surface area contributed by atoms with E-state index in [2.05, 4.69) is 58.2 Å². The molecule has 3 heteroatoms. The molecule has 2 aromatic rings. The van der Waals surface area contributed by atoms with Crippen molar-refractivity contribution in [2.24, 2.45) is 0 Å². The first-order valence-corrected chi connectivity index (χ1v) is 6.81. The summed E-state index contributed by atoms with van der Waals surface area (Å²) >= 11 is 5.26. The molecule has 0 atom stereocenters. The molecule has 0 aliphatic rings. The fourth-order valence-corrected chi connectivity index (χ4v) is 2.57. The summed E-state index contributed by atoms with van der Waals surface area (Å²) in [5, 5.41) is 0. The molecular weight excluding hydrogens is 282 g/mol. The Morgan fingerprint density at radius 3 is 2.62 bits per heavy atom. The average molecular weight is 294 g/mol. The van der Waals surface area contributed by atoms with Gasteiger partial charge in [-0.3, -0.25) is 4.98 Å². The minimum Gasteiger partial charge on any atom is -0.263 e. The molecule has 0 saturated heterocycles. The third-order valence-electron chi connectivity index (χ3n) is 2.19. The minimum absolute atomic E-state index is 0.954. The third kappa shape index (κ3) is 3.35. The maximum Gasteiger partial charge on any atom is 0.0410 e. The number of thioether (sulfide) groups is 1. The second-order valence-corrected chi connectivity index (χ2v) is 5.58. The van der Waals surface area contributed by atoms with Gasteiger partial charge in [-0.25, -0.2) is 0 Å². The van der Waals surface area contributed by atoms with Gasteiger partial charge < -0.3 is 0 Å². The van der Waals surface area contributed by atoms with Gasteiger partial charge in [-0.15, -0.1) is 11.8 Å². The molecule has 1 aromatic heterocycles. The monoisotopic (exact) mass is 293 g/mol. The Balaban J connectivity index is 1.99. The van der Waals surface area contributed by atoms with E-state index in [1.807, 2.05) is 18.0 Å². The normalized spacial score (nSPS) is 10.4. The number of hydrogen-bond acceptors (Lipinski definition) is 2. The molecule has 0 unspecified atom stereocenters. The third-order valence-corrected chi connectivity index (χ3v) is 3.70. The van der Waals surface area contributed by atoms with E-state index >= 15 is 0 Å². The van der Waals surface area contributed by atoms with E-state index in [1.165, 1.54) is 16.0 Å². The van der Waals surface area contributed by atoms with Crippen molar-refractivity contribution in [1.82, 2.24) is 4.98 Å². The SMILES string of the molecule is Cc1ccc(SCc2cncc(Br)c2)cc1. The lowest BCUT2D eigenvalue weighted by Gasteiger charge is -2.02. The molecule has 1 heterocycles. The van der Waals surface area contributed by atoms with Crippen LogP contribution < -0.4 is 0 Å². The van der Waals surface area contributed by atoms with Gasteiger partial charge in [0.15, 0.2) is 0 Å². The zero-order chi connectivity index (χ0) is 11.4. The van der Waals surface area contributed by atoms with E-state index in [0.717, 1.165) is 10.2 Å². The van der Waals surface area contributed by atoms with Crippen molar-refractivity contribution in [3.05, 3.63) is 58.3 Å². The van der Waals surface area contributed by atoms with Crippen LogP contribution in [0.5, 0.6) is 0 Å². The van der Waals surface area contributed by atoms with Gasteiger partial charge in [0.05, 0.1) is 0 Å². The van der Waals surface area contributed by atoms with Crippen molar-refractivity contribution in [1.29, 1.82) is 0 Å². The first-order chi connectivity index (χ1) is 7.74. The van der Waals surface area contributed by atoms with Gasteiger partial charge in [-0.2, -0.15) is 0 Å². The predicted molar refractivity (Wildman–Crippen MR) is 72.7 cm³/mol. The van der Waals surface area contributed by atoms with Gasteiger partial charge in [0.1, 0.15) is 0 Å². The first kappa shape index (κ1) is 11.7. The Labute approximate surface area is 108 Å². The minimum atomic E-state index is 0.954. The van der Waals surface area contributed by atoms with Crippen LogP contribution in [-0.4, -0.2) is 4.98 Å². The number of rotatable bonds is 3. The Morgan fingerprint density at radius 2 is 1.94 bits per heavy atom. The maximum atomic E-state index is 4.15. The average Bonchev–Trinajstić information content (AvgIpc) is 2.28. The highest BCUT2D eigenvalue weighted by Gasteiger charge is 1.97. The van der Waals surface area contributed by atoms with E-state index in [4.69, 9.17) is 0 Å². The number of aromatic nitrogens is 1. The van der Waals surface area contributed by atoms with Crippen LogP contribution in [-0.2, 0) is 5.75 Å². The summed E-state index contributed by atoms with van der Waals surface area (Å²) < 4.78 is 1.04. The van der Waals surface area contributed by atoms with Crippen molar-refractivity contribution < 1.29 is 0 Å². The van der Waals surface area contributed by atoms with E-state index in [-0.39, 0.29) is 0 Å². The summed E-state index contributed by atoms with van der Waals surface area (Å²) in [6.45, 7) is 2.10. The smallest absolute Gasteiger partial charge is 0.0410 e. The van der Waals surface area contributed by atoms with Gasteiger partial charge in [-0.05, 0) is 46.6 Å². The molecule has 0 bridgehead atoms. The molecule has 16 heavy (non-hydrogen) atoms. The lowest BCUT2D eigenvalue weighted by molar-refractivity contribution is 1.23. The largest absolute Gasteiger partial charge is 0.263 e. The van der Waals surface area contributed by atoms with E-state index in [1.54, 1.807) is 6.20 Å². The van der Waals surface area contributed by atoms with Crippen LogP contribution in [0.25, 0.3) is 0 Å². The van der Waals surface area contributed by atoms with Crippen LogP contribution in [0.3, 0.4) is 0 Å². The quantitative estimate of drug-likeness (QED) is 0.776. The van der Waals surface area contributed by atoms with Gasteiger partial charge in [0.2, 0.25) is 0 Å². The predicted octanol–water partition coefficient (Wildman–Crippen LogP) is 4.44. The molecule has 1 nitrogen and oxygen atoms in total. The molecule has 1 aromatic carbocycles. The van der Waals surface area contributed by atoms with Gasteiger partial charge in [0.25, 0.3) is 0 Å². The van der Waals surface area contributed by atoms with Gasteiger partial charge >= 0.3 is 0 Å². The zero-order valence-electron chi connectivity index (χ0n) is 8.98. The number of aryl methyl sites for hydroxylation is 1. The Hall–Kier alpha value is -0.800. The van der Waals surface area contributed by atoms with E-state index in [0.29, 0.717) is 0 Å². The molecular formula is C13H12BrNS. The standard InChI is InChI=1S/C13H12BrNS/c1-10-2-4-13(5-3-10)16-9-11-6-12(14)8-15-7-11/h2-8H,9H2,1H3. The van der Waals surface area contributed by atoms with Gasteiger partial charge in [0, 0.05) is 27.5 Å². The maximum absolute atomic E-state index is 4.15. The molecule has 0 spiro atoms. The van der Waals surface area contributed by atoms with Crippen LogP contribution in [0, 0.1) is 6.92 Å². The molecule has 0 amide bonds. The molecule has 0 aliphatic heterocycles. The van der Waals surface area contributed by atoms with Crippen molar-refractivity contribution in [3.8, 4) is 0 Å². The van der Waals surface area contributed by atoms with E-state index < -0.39 is 0 Å². The van der Waals surface area contributed by atoms with Crippen LogP contribution in [0.15, 0.2) is 52.1 Å². The highest BCUT2D eigenvalue weighted by molar-refractivity contribution is 9.10. The summed E-state index contributed by atoms with van der Waals surface area (Å²) in [7, 11) is 0. The van der Waals surface area contributed by atoms with Crippen molar-refractivity contribution in [3.63, 3.8) is 0 Å². The van der Waals surface area contributed by atoms with Crippen LogP contribution >= 0.6 is 27.7 Å².